The zero-order chi connectivity index (χ0) is 12.3. The topological polar surface area (TPSA) is 71.1 Å². The number of hydrogen-bond donors (Lipinski definition) is 0. The van der Waals surface area contributed by atoms with Gasteiger partial charge in [-0.25, -0.2) is 0 Å². The number of alkyl halides is 2. The second kappa shape index (κ2) is 5.48. The summed E-state index contributed by atoms with van der Waals surface area (Å²) < 4.78 is 39.5. The molecule has 0 amide bonds. The molecule has 0 bridgehead atoms. The molecule has 15 heavy (non-hydrogen) atoms. The Bertz CT molecular complexity index is 262. The largest absolute Gasteiger partial charge is 0.378 e. The van der Waals surface area contributed by atoms with Gasteiger partial charge < -0.3 is 18.1 Å². The first-order valence-corrected chi connectivity index (χ1v) is 7.39. The highest BCUT2D eigenvalue weighted by Crippen LogP contribution is 2.80. The van der Waals surface area contributed by atoms with E-state index in [-0.39, 0.29) is 0 Å². The van der Waals surface area contributed by atoms with Gasteiger partial charge in [-0.3, -0.25) is 9.13 Å². The molecule has 0 fully saturated rings. The van der Waals surface area contributed by atoms with Gasteiger partial charge >= 0.3 is 19.0 Å². The molecule has 0 saturated carbocycles. The van der Waals surface area contributed by atoms with Crippen molar-refractivity contribution in [2.75, 3.05) is 28.4 Å². The van der Waals surface area contributed by atoms with E-state index in [1.165, 1.54) is 0 Å². The molecule has 0 aromatic carbocycles. The standard InChI is InChI=1S/C5H12Cl2O6P2/c1-10-14(8,11-2)5(6,7)15(9,12-3)13-4/h1-4H3. The van der Waals surface area contributed by atoms with Crippen molar-refractivity contribution in [3.05, 3.63) is 0 Å². The molecular weight excluding hydrogens is 289 g/mol. The molecule has 0 saturated heterocycles. The van der Waals surface area contributed by atoms with E-state index in [4.69, 9.17) is 23.2 Å². The van der Waals surface area contributed by atoms with Crippen molar-refractivity contribution in [2.24, 2.45) is 0 Å². The van der Waals surface area contributed by atoms with Crippen molar-refractivity contribution in [3.63, 3.8) is 0 Å². The van der Waals surface area contributed by atoms with Gasteiger partial charge in [-0.2, -0.15) is 0 Å². The number of halogens is 2. The lowest BCUT2D eigenvalue weighted by molar-refractivity contribution is 0.251. The summed E-state index contributed by atoms with van der Waals surface area (Å²) in [4.78, 5) is 0. The van der Waals surface area contributed by atoms with Gasteiger partial charge in [0, 0.05) is 28.4 Å². The Kier molecular flexibility index (Phi) is 5.80. The first-order valence-electron chi connectivity index (χ1n) is 3.55. The molecule has 0 aliphatic heterocycles. The molecule has 0 spiro atoms. The predicted molar refractivity (Wildman–Crippen MR) is 57.7 cm³/mol. The summed E-state index contributed by atoms with van der Waals surface area (Å²) in [5.74, 6) is 0. The molecule has 0 heterocycles. The van der Waals surface area contributed by atoms with Gasteiger partial charge in [0.2, 0.25) is 0 Å². The van der Waals surface area contributed by atoms with E-state index in [0.29, 0.717) is 0 Å². The van der Waals surface area contributed by atoms with Gasteiger partial charge in [-0.1, -0.05) is 23.2 Å². The molecule has 0 N–H and O–H groups in total. The highest BCUT2D eigenvalue weighted by molar-refractivity contribution is 7.80. The normalized spacial score (nSPS) is 14.3. The first-order chi connectivity index (χ1) is 6.74. The molecule has 0 aromatic heterocycles. The summed E-state index contributed by atoms with van der Waals surface area (Å²) in [6.45, 7) is 0. The highest BCUT2D eigenvalue weighted by atomic mass is 35.5. The minimum Gasteiger partial charge on any atom is -0.309 e. The Balaban J connectivity index is 5.47. The Morgan fingerprint density at radius 1 is 0.800 bits per heavy atom. The maximum Gasteiger partial charge on any atom is 0.378 e. The van der Waals surface area contributed by atoms with Gasteiger partial charge in [-0.15, -0.1) is 0 Å². The van der Waals surface area contributed by atoms with Gasteiger partial charge in [0.25, 0.3) is 0 Å². The summed E-state index contributed by atoms with van der Waals surface area (Å²) in [6.07, 6.45) is 0. The van der Waals surface area contributed by atoms with Crippen molar-refractivity contribution < 1.29 is 27.2 Å². The molecule has 0 atom stereocenters. The minimum absolute atomic E-state index is 1.06. The Morgan fingerprint density at radius 2 is 1.00 bits per heavy atom. The van der Waals surface area contributed by atoms with E-state index < -0.39 is 19.0 Å². The van der Waals surface area contributed by atoms with Crippen LogP contribution in [0.4, 0.5) is 0 Å². The fourth-order valence-electron chi connectivity index (χ4n) is 0.738. The lowest BCUT2D eigenvalue weighted by Crippen LogP contribution is -2.18. The maximum absolute atomic E-state index is 11.9. The third-order valence-electron chi connectivity index (χ3n) is 1.62. The lowest BCUT2D eigenvalue weighted by Gasteiger charge is -2.30. The SMILES string of the molecule is COP(=O)(OC)C(Cl)(Cl)P(=O)(OC)OC. The van der Waals surface area contributed by atoms with E-state index in [9.17, 15) is 9.13 Å². The third-order valence-corrected chi connectivity index (χ3v) is 8.82. The average Bonchev–Trinajstić information content (AvgIpc) is 2.26. The highest BCUT2D eigenvalue weighted by Gasteiger charge is 2.63. The van der Waals surface area contributed by atoms with Crippen molar-refractivity contribution >= 4 is 38.4 Å². The quantitative estimate of drug-likeness (QED) is 0.554. The summed E-state index contributed by atoms with van der Waals surface area (Å²) in [7, 11) is -3.82. The Labute approximate surface area is 98.2 Å². The van der Waals surface area contributed by atoms with E-state index in [1.54, 1.807) is 0 Å². The second-order valence-electron chi connectivity index (χ2n) is 2.23. The monoisotopic (exact) mass is 300 g/mol. The van der Waals surface area contributed by atoms with Crippen LogP contribution >= 0.6 is 38.4 Å². The molecular formula is C5H12Cl2O6P2. The van der Waals surface area contributed by atoms with Crippen LogP contribution in [0.15, 0.2) is 0 Å². The number of rotatable bonds is 6. The van der Waals surface area contributed by atoms with E-state index in [1.807, 2.05) is 0 Å². The first kappa shape index (κ1) is 15.9. The van der Waals surface area contributed by atoms with Gasteiger partial charge in [0.05, 0.1) is 0 Å². The van der Waals surface area contributed by atoms with Crippen molar-refractivity contribution in [1.82, 2.24) is 0 Å². The van der Waals surface area contributed by atoms with Crippen molar-refractivity contribution in [3.8, 4) is 0 Å². The van der Waals surface area contributed by atoms with Gasteiger partial charge in [0.1, 0.15) is 0 Å². The summed E-state index contributed by atoms with van der Waals surface area (Å²) in [5.41, 5.74) is 0. The average molecular weight is 301 g/mol. The fraction of sp³-hybridized carbons (Fsp3) is 1.00. The molecule has 0 rings (SSSR count). The van der Waals surface area contributed by atoms with Crippen molar-refractivity contribution in [2.45, 2.75) is 3.82 Å². The van der Waals surface area contributed by atoms with Crippen LogP contribution in [0.1, 0.15) is 0 Å². The van der Waals surface area contributed by atoms with Crippen LogP contribution < -0.4 is 0 Å². The van der Waals surface area contributed by atoms with Crippen LogP contribution in [0, 0.1) is 0 Å². The van der Waals surface area contributed by atoms with Crippen LogP contribution in [0.3, 0.4) is 0 Å². The molecule has 0 unspecified atom stereocenters. The zero-order valence-electron chi connectivity index (χ0n) is 8.60. The van der Waals surface area contributed by atoms with Gasteiger partial charge in [0.15, 0.2) is 0 Å². The molecule has 92 valence electrons. The summed E-state index contributed by atoms with van der Waals surface area (Å²) in [5, 5.41) is 0. The van der Waals surface area contributed by atoms with Crippen LogP contribution in [0.25, 0.3) is 0 Å². The second-order valence-corrected chi connectivity index (χ2v) is 9.76. The lowest BCUT2D eigenvalue weighted by atomic mass is 11.8. The third kappa shape index (κ3) is 2.59. The molecule has 6 nitrogen and oxygen atoms in total. The summed E-state index contributed by atoms with van der Waals surface area (Å²) >= 11 is 11.4. The van der Waals surface area contributed by atoms with Crippen LogP contribution in [0.2, 0.25) is 0 Å². The van der Waals surface area contributed by atoms with Crippen LogP contribution in [-0.4, -0.2) is 32.3 Å². The van der Waals surface area contributed by atoms with Crippen LogP contribution in [-0.2, 0) is 27.2 Å². The molecule has 0 aromatic rings. The maximum atomic E-state index is 11.9. The van der Waals surface area contributed by atoms with Crippen LogP contribution in [0.5, 0.6) is 0 Å². The number of hydrogen-bond acceptors (Lipinski definition) is 6. The predicted octanol–water partition coefficient (Wildman–Crippen LogP) is 3.05. The minimum atomic E-state index is -4.02. The zero-order valence-corrected chi connectivity index (χ0v) is 11.9. The Hall–Kier alpha value is 0.880. The summed E-state index contributed by atoms with van der Waals surface area (Å²) in [6, 6.07) is 0. The Morgan fingerprint density at radius 3 is 1.13 bits per heavy atom. The molecule has 0 radical (unpaired) electrons. The molecule has 0 aliphatic carbocycles. The van der Waals surface area contributed by atoms with Crippen molar-refractivity contribution in [1.29, 1.82) is 0 Å². The molecule has 0 aliphatic rings. The molecule has 10 heteroatoms. The van der Waals surface area contributed by atoms with Gasteiger partial charge in [-0.05, 0) is 0 Å². The van der Waals surface area contributed by atoms with E-state index in [0.717, 1.165) is 28.4 Å². The van der Waals surface area contributed by atoms with E-state index in [2.05, 4.69) is 18.1 Å². The van der Waals surface area contributed by atoms with E-state index >= 15 is 0 Å². The fourth-order valence-corrected chi connectivity index (χ4v) is 5.75. The smallest absolute Gasteiger partial charge is 0.309 e.